The van der Waals surface area contributed by atoms with Crippen molar-refractivity contribution in [3.05, 3.63) is 48.0 Å². The molecule has 0 aliphatic carbocycles. The minimum absolute atomic E-state index is 0.113. The van der Waals surface area contributed by atoms with Crippen molar-refractivity contribution >= 4 is 21.6 Å². The Morgan fingerprint density at radius 2 is 1.66 bits per heavy atom. The number of benzene rings is 2. The largest absolute Gasteiger partial charge is 0.496 e. The van der Waals surface area contributed by atoms with Gasteiger partial charge in [-0.15, -0.1) is 0 Å². The van der Waals surface area contributed by atoms with Gasteiger partial charge in [0.15, 0.2) is 0 Å². The van der Waals surface area contributed by atoms with Gasteiger partial charge in [0.2, 0.25) is 15.9 Å². The summed E-state index contributed by atoms with van der Waals surface area (Å²) in [7, 11) is -0.579. The van der Waals surface area contributed by atoms with Crippen LogP contribution in [0.1, 0.15) is 25.8 Å². The Morgan fingerprint density at radius 1 is 1.00 bits per heavy atom. The average molecular weight is 421 g/mol. The van der Waals surface area contributed by atoms with Crippen LogP contribution in [0.15, 0.2) is 47.4 Å². The summed E-state index contributed by atoms with van der Waals surface area (Å²) in [6, 6.07) is 12.0. The lowest BCUT2D eigenvalue weighted by molar-refractivity contribution is -0.116. The van der Waals surface area contributed by atoms with Gasteiger partial charge in [-0.1, -0.05) is 32.0 Å². The molecule has 0 aromatic heterocycles. The highest BCUT2D eigenvalue weighted by molar-refractivity contribution is 7.89. The van der Waals surface area contributed by atoms with E-state index in [9.17, 15) is 13.2 Å². The number of nitrogens with one attached hydrogen (secondary N) is 1. The molecular weight excluding hydrogens is 392 g/mol. The topological polar surface area (TPSA) is 84.9 Å². The van der Waals surface area contributed by atoms with Crippen LogP contribution in [-0.4, -0.2) is 45.9 Å². The van der Waals surface area contributed by atoms with Gasteiger partial charge in [0.1, 0.15) is 11.5 Å². The number of anilines is 1. The van der Waals surface area contributed by atoms with Gasteiger partial charge in [-0.2, -0.15) is 4.31 Å². The summed E-state index contributed by atoms with van der Waals surface area (Å²) in [6.45, 7) is 4.30. The van der Waals surface area contributed by atoms with E-state index in [1.165, 1.54) is 23.5 Å². The van der Waals surface area contributed by atoms with Gasteiger partial charge in [0.05, 0.1) is 24.8 Å². The van der Waals surface area contributed by atoms with E-state index in [1.807, 2.05) is 24.3 Å². The Labute approximate surface area is 172 Å². The molecule has 29 heavy (non-hydrogen) atoms. The van der Waals surface area contributed by atoms with E-state index in [1.54, 1.807) is 27.0 Å². The Hall–Kier alpha value is -2.58. The third-order valence-corrected chi connectivity index (χ3v) is 6.65. The van der Waals surface area contributed by atoms with Crippen LogP contribution >= 0.6 is 0 Å². The van der Waals surface area contributed by atoms with Crippen LogP contribution in [0.5, 0.6) is 11.5 Å². The maximum absolute atomic E-state index is 12.8. The molecule has 0 fully saturated rings. The number of hydrogen-bond acceptors (Lipinski definition) is 5. The highest BCUT2D eigenvalue weighted by Gasteiger charge is 2.23. The van der Waals surface area contributed by atoms with E-state index in [4.69, 9.17) is 9.47 Å². The Balaban J connectivity index is 2.19. The number of ether oxygens (including phenoxy) is 2. The van der Waals surface area contributed by atoms with Gasteiger partial charge >= 0.3 is 0 Å². The van der Waals surface area contributed by atoms with Crippen LogP contribution in [-0.2, 0) is 21.2 Å². The van der Waals surface area contributed by atoms with Crippen molar-refractivity contribution in [2.75, 3.05) is 32.6 Å². The summed E-state index contributed by atoms with van der Waals surface area (Å²) >= 11 is 0. The van der Waals surface area contributed by atoms with Crippen LogP contribution in [0.4, 0.5) is 5.69 Å². The zero-order valence-electron chi connectivity index (χ0n) is 17.3. The molecule has 0 aliphatic heterocycles. The molecule has 158 valence electrons. The standard InChI is InChI=1S/C21H28N2O5S/c1-5-23(6-2)29(25,26)17-12-13-20(28-4)18(15-17)22-21(24)14-11-16-9-7-8-10-19(16)27-3/h7-10,12-13,15H,5-6,11,14H2,1-4H3,(H,22,24). The number of aryl methyl sites for hydroxylation is 1. The summed E-state index contributed by atoms with van der Waals surface area (Å²) in [4.78, 5) is 12.6. The average Bonchev–Trinajstić information content (AvgIpc) is 2.73. The number of amides is 1. The highest BCUT2D eigenvalue weighted by atomic mass is 32.2. The number of carbonyl (C=O) groups excluding carboxylic acids is 1. The van der Waals surface area contributed by atoms with Crippen LogP contribution in [0.25, 0.3) is 0 Å². The lowest BCUT2D eigenvalue weighted by Crippen LogP contribution is -2.30. The van der Waals surface area contributed by atoms with Crippen molar-refractivity contribution < 1.29 is 22.7 Å². The van der Waals surface area contributed by atoms with Crippen LogP contribution in [0, 0.1) is 0 Å². The first-order chi connectivity index (χ1) is 13.9. The Kier molecular flexibility index (Phi) is 8.04. The highest BCUT2D eigenvalue weighted by Crippen LogP contribution is 2.29. The molecule has 0 aliphatic rings. The second kappa shape index (κ2) is 10.3. The predicted octanol–water partition coefficient (Wildman–Crippen LogP) is 3.31. The normalized spacial score (nSPS) is 11.3. The number of carbonyl (C=O) groups is 1. The second-order valence-electron chi connectivity index (χ2n) is 6.31. The monoisotopic (exact) mass is 420 g/mol. The van der Waals surface area contributed by atoms with Crippen LogP contribution in [0.2, 0.25) is 0 Å². The third-order valence-electron chi connectivity index (χ3n) is 4.60. The molecular formula is C21H28N2O5S. The molecule has 1 amide bonds. The molecule has 0 unspecified atom stereocenters. The number of para-hydroxylation sites is 1. The fourth-order valence-electron chi connectivity index (χ4n) is 3.03. The first kappa shape index (κ1) is 22.7. The molecule has 0 radical (unpaired) electrons. The summed E-state index contributed by atoms with van der Waals surface area (Å²) < 4.78 is 37.5. The lowest BCUT2D eigenvalue weighted by atomic mass is 10.1. The summed E-state index contributed by atoms with van der Waals surface area (Å²) in [5.41, 5.74) is 1.25. The van der Waals surface area contributed by atoms with Crippen LogP contribution < -0.4 is 14.8 Å². The smallest absolute Gasteiger partial charge is 0.243 e. The third kappa shape index (κ3) is 5.48. The molecule has 2 aromatic carbocycles. The first-order valence-electron chi connectivity index (χ1n) is 9.47. The number of nitrogens with zero attached hydrogens (tertiary/aromatic N) is 1. The van der Waals surface area contributed by atoms with Gasteiger partial charge in [-0.05, 0) is 36.2 Å². The molecule has 7 nitrogen and oxygen atoms in total. The van der Waals surface area contributed by atoms with Gasteiger partial charge in [-0.25, -0.2) is 8.42 Å². The Morgan fingerprint density at radius 3 is 2.28 bits per heavy atom. The minimum atomic E-state index is -3.64. The number of rotatable bonds is 10. The fraction of sp³-hybridized carbons (Fsp3) is 0.381. The molecule has 0 spiro atoms. The summed E-state index contributed by atoms with van der Waals surface area (Å²) in [5.74, 6) is 0.880. The zero-order valence-corrected chi connectivity index (χ0v) is 18.1. The zero-order chi connectivity index (χ0) is 21.4. The molecule has 8 heteroatoms. The summed E-state index contributed by atoms with van der Waals surface area (Å²) in [6.07, 6.45) is 0.714. The molecule has 2 rings (SSSR count). The van der Waals surface area contributed by atoms with Crippen molar-refractivity contribution in [3.63, 3.8) is 0 Å². The van der Waals surface area contributed by atoms with Crippen molar-refractivity contribution in [1.82, 2.24) is 4.31 Å². The SMILES string of the molecule is CCN(CC)S(=O)(=O)c1ccc(OC)c(NC(=O)CCc2ccccc2OC)c1. The van der Waals surface area contributed by atoms with E-state index in [-0.39, 0.29) is 17.2 Å². The predicted molar refractivity (Wildman–Crippen MR) is 113 cm³/mol. The van der Waals surface area contributed by atoms with Gasteiger partial charge in [0, 0.05) is 19.5 Å². The molecule has 2 aromatic rings. The fourth-order valence-corrected chi connectivity index (χ4v) is 4.51. The maximum atomic E-state index is 12.8. The lowest BCUT2D eigenvalue weighted by Gasteiger charge is -2.19. The van der Waals surface area contributed by atoms with E-state index in [0.29, 0.717) is 30.9 Å². The quantitative estimate of drug-likeness (QED) is 0.637. The van der Waals surface area contributed by atoms with Gasteiger partial charge in [-0.3, -0.25) is 4.79 Å². The summed E-state index contributed by atoms with van der Waals surface area (Å²) in [5, 5.41) is 2.77. The molecule has 0 atom stereocenters. The van der Waals surface area contributed by atoms with Gasteiger partial charge in [0.25, 0.3) is 0 Å². The molecule has 0 heterocycles. The van der Waals surface area contributed by atoms with Crippen molar-refractivity contribution in [2.24, 2.45) is 0 Å². The number of methoxy groups -OCH3 is 2. The molecule has 0 bridgehead atoms. The van der Waals surface area contributed by atoms with Crippen molar-refractivity contribution in [3.8, 4) is 11.5 Å². The van der Waals surface area contributed by atoms with Crippen LogP contribution in [0.3, 0.4) is 0 Å². The van der Waals surface area contributed by atoms with Gasteiger partial charge < -0.3 is 14.8 Å². The number of hydrogen-bond donors (Lipinski definition) is 1. The van der Waals surface area contributed by atoms with Crippen molar-refractivity contribution in [1.29, 1.82) is 0 Å². The van der Waals surface area contributed by atoms with E-state index in [2.05, 4.69) is 5.32 Å². The van der Waals surface area contributed by atoms with E-state index < -0.39 is 10.0 Å². The Bertz CT molecular complexity index is 940. The first-order valence-corrected chi connectivity index (χ1v) is 10.9. The molecule has 0 saturated heterocycles. The molecule has 1 N–H and O–H groups in total. The van der Waals surface area contributed by atoms with E-state index >= 15 is 0 Å². The minimum Gasteiger partial charge on any atom is -0.496 e. The second-order valence-corrected chi connectivity index (χ2v) is 8.25. The number of sulfonamides is 1. The van der Waals surface area contributed by atoms with E-state index in [0.717, 1.165) is 11.3 Å². The van der Waals surface area contributed by atoms with Crippen molar-refractivity contribution in [2.45, 2.75) is 31.6 Å². The molecule has 0 saturated carbocycles. The maximum Gasteiger partial charge on any atom is 0.243 e.